The minimum absolute atomic E-state index is 0.335. The van der Waals surface area contributed by atoms with Crippen molar-refractivity contribution >= 4 is 5.69 Å². The molecule has 1 aromatic heterocycles. The highest BCUT2D eigenvalue weighted by Crippen LogP contribution is 2.28. The van der Waals surface area contributed by atoms with Gasteiger partial charge in [-0.05, 0) is 33.1 Å². The molecule has 0 aliphatic carbocycles. The van der Waals surface area contributed by atoms with E-state index in [2.05, 4.69) is 43.9 Å². The molecule has 1 aromatic rings. The Morgan fingerprint density at radius 1 is 1.41 bits per heavy atom. The van der Waals surface area contributed by atoms with Gasteiger partial charge in [0.2, 0.25) is 0 Å². The van der Waals surface area contributed by atoms with Crippen molar-refractivity contribution in [3.8, 4) is 0 Å². The smallest absolute Gasteiger partial charge is 0.0755 e. The van der Waals surface area contributed by atoms with E-state index in [4.69, 9.17) is 5.73 Å². The van der Waals surface area contributed by atoms with Gasteiger partial charge in [-0.1, -0.05) is 6.92 Å². The molecule has 0 spiro atoms. The summed E-state index contributed by atoms with van der Waals surface area (Å²) in [5.41, 5.74) is 7.34. The summed E-state index contributed by atoms with van der Waals surface area (Å²) in [5, 5.41) is 4.41. The number of rotatable bonds is 2. The quantitative estimate of drug-likeness (QED) is 0.854. The molecule has 1 aliphatic heterocycles. The van der Waals surface area contributed by atoms with Gasteiger partial charge in [-0.2, -0.15) is 5.10 Å². The fourth-order valence-electron chi connectivity index (χ4n) is 2.52. The van der Waals surface area contributed by atoms with Crippen LogP contribution in [0.5, 0.6) is 0 Å². The summed E-state index contributed by atoms with van der Waals surface area (Å²) < 4.78 is 2.02. The van der Waals surface area contributed by atoms with Crippen molar-refractivity contribution in [3.63, 3.8) is 0 Å². The second-order valence-corrected chi connectivity index (χ2v) is 5.52. The fraction of sp³-hybridized carbons (Fsp3) is 0.769. The molecule has 3 atom stereocenters. The Hall–Kier alpha value is -1.03. The van der Waals surface area contributed by atoms with Gasteiger partial charge in [0.25, 0.3) is 0 Å². The summed E-state index contributed by atoms with van der Waals surface area (Å²) in [6.45, 7) is 9.84. The molecule has 0 radical (unpaired) electrons. The summed E-state index contributed by atoms with van der Waals surface area (Å²) >= 11 is 0. The van der Waals surface area contributed by atoms with Crippen LogP contribution in [0.3, 0.4) is 0 Å². The molecule has 2 heterocycles. The molecular weight excluding hydrogens is 212 g/mol. The topological polar surface area (TPSA) is 47.1 Å². The van der Waals surface area contributed by atoms with Crippen molar-refractivity contribution in [2.24, 2.45) is 11.7 Å². The third kappa shape index (κ3) is 2.32. The van der Waals surface area contributed by atoms with Gasteiger partial charge in [-0.3, -0.25) is 4.68 Å². The predicted octanol–water partition coefficient (Wildman–Crippen LogP) is 2.03. The average Bonchev–Trinajstić information content (AvgIpc) is 2.75. The second kappa shape index (κ2) is 4.69. The summed E-state index contributed by atoms with van der Waals surface area (Å²) in [5.74, 6) is 0.533. The molecule has 4 nitrogen and oxygen atoms in total. The largest absolute Gasteiger partial charge is 0.366 e. The van der Waals surface area contributed by atoms with Crippen LogP contribution in [0.2, 0.25) is 0 Å². The lowest BCUT2D eigenvalue weighted by atomic mass is 9.87. The summed E-state index contributed by atoms with van der Waals surface area (Å²) in [4.78, 5) is 2.43. The van der Waals surface area contributed by atoms with Crippen LogP contribution in [-0.4, -0.2) is 28.4 Å². The third-order valence-electron chi connectivity index (χ3n) is 4.08. The Kier molecular flexibility index (Phi) is 3.43. The van der Waals surface area contributed by atoms with E-state index in [-0.39, 0.29) is 0 Å². The van der Waals surface area contributed by atoms with Crippen molar-refractivity contribution in [1.29, 1.82) is 0 Å². The zero-order valence-corrected chi connectivity index (χ0v) is 11.3. The van der Waals surface area contributed by atoms with Gasteiger partial charge in [0.15, 0.2) is 0 Å². The average molecular weight is 236 g/mol. The molecule has 1 saturated heterocycles. The monoisotopic (exact) mass is 236 g/mol. The lowest BCUT2D eigenvalue weighted by Crippen LogP contribution is -2.51. The van der Waals surface area contributed by atoms with E-state index in [0.29, 0.717) is 24.0 Å². The third-order valence-corrected chi connectivity index (χ3v) is 4.08. The minimum atomic E-state index is 0.335. The Labute approximate surface area is 104 Å². The Balaban J connectivity index is 2.16. The van der Waals surface area contributed by atoms with Gasteiger partial charge in [-0.15, -0.1) is 0 Å². The first-order valence-corrected chi connectivity index (χ1v) is 6.57. The number of nitrogens with zero attached hydrogens (tertiary/aromatic N) is 3. The molecule has 1 aliphatic rings. The molecular formula is C13H24N4. The van der Waals surface area contributed by atoms with E-state index in [1.165, 1.54) is 5.69 Å². The first-order valence-electron chi connectivity index (χ1n) is 6.57. The standard InChI is InChI=1S/C13H24N4/c1-9(2)17-8-12(7-15-17)16-6-5-13(14)10(3)11(16)4/h7-11,13H,5-6,14H2,1-4H3. The van der Waals surface area contributed by atoms with Gasteiger partial charge in [0.1, 0.15) is 0 Å². The van der Waals surface area contributed by atoms with Crippen molar-refractivity contribution in [3.05, 3.63) is 12.4 Å². The number of aromatic nitrogens is 2. The zero-order valence-electron chi connectivity index (χ0n) is 11.3. The molecule has 4 heteroatoms. The molecule has 17 heavy (non-hydrogen) atoms. The van der Waals surface area contributed by atoms with Gasteiger partial charge in [0, 0.05) is 30.9 Å². The van der Waals surface area contributed by atoms with Crippen molar-refractivity contribution in [2.75, 3.05) is 11.4 Å². The van der Waals surface area contributed by atoms with Crippen LogP contribution < -0.4 is 10.6 Å². The second-order valence-electron chi connectivity index (χ2n) is 5.52. The highest BCUT2D eigenvalue weighted by Gasteiger charge is 2.30. The van der Waals surface area contributed by atoms with E-state index in [0.717, 1.165) is 13.0 Å². The van der Waals surface area contributed by atoms with Crippen LogP contribution >= 0.6 is 0 Å². The summed E-state index contributed by atoms with van der Waals surface area (Å²) in [7, 11) is 0. The van der Waals surface area contributed by atoms with E-state index in [9.17, 15) is 0 Å². The van der Waals surface area contributed by atoms with Crippen molar-refractivity contribution in [1.82, 2.24) is 9.78 Å². The number of hydrogen-bond donors (Lipinski definition) is 1. The molecule has 3 unspecified atom stereocenters. The van der Waals surface area contributed by atoms with Gasteiger partial charge >= 0.3 is 0 Å². The molecule has 0 bridgehead atoms. The molecule has 96 valence electrons. The van der Waals surface area contributed by atoms with Crippen LogP contribution in [0.25, 0.3) is 0 Å². The SMILES string of the molecule is CC1C(N)CCN(c2cnn(C(C)C)c2)C1C. The number of hydrogen-bond acceptors (Lipinski definition) is 3. The number of nitrogens with two attached hydrogens (primary N) is 1. The lowest BCUT2D eigenvalue weighted by Gasteiger charge is -2.42. The normalized spacial score (nSPS) is 30.0. The Morgan fingerprint density at radius 3 is 2.71 bits per heavy atom. The summed E-state index contributed by atoms with van der Waals surface area (Å²) in [6.07, 6.45) is 5.18. The van der Waals surface area contributed by atoms with Gasteiger partial charge in [0.05, 0.1) is 11.9 Å². The van der Waals surface area contributed by atoms with E-state index < -0.39 is 0 Å². The van der Waals surface area contributed by atoms with E-state index in [1.54, 1.807) is 0 Å². The van der Waals surface area contributed by atoms with Crippen LogP contribution in [0, 0.1) is 5.92 Å². The summed E-state index contributed by atoms with van der Waals surface area (Å²) in [6, 6.07) is 1.24. The maximum atomic E-state index is 6.11. The Morgan fingerprint density at radius 2 is 2.12 bits per heavy atom. The van der Waals surface area contributed by atoms with Gasteiger partial charge < -0.3 is 10.6 Å². The van der Waals surface area contributed by atoms with Gasteiger partial charge in [-0.25, -0.2) is 0 Å². The zero-order chi connectivity index (χ0) is 12.6. The fourth-order valence-corrected chi connectivity index (χ4v) is 2.52. The van der Waals surface area contributed by atoms with Crippen LogP contribution in [0.15, 0.2) is 12.4 Å². The maximum Gasteiger partial charge on any atom is 0.0755 e. The molecule has 1 fully saturated rings. The van der Waals surface area contributed by atoms with Crippen molar-refractivity contribution < 1.29 is 0 Å². The van der Waals surface area contributed by atoms with Crippen LogP contribution in [0.1, 0.15) is 40.2 Å². The molecule has 0 aromatic carbocycles. The Bertz CT molecular complexity index is 371. The van der Waals surface area contributed by atoms with E-state index in [1.807, 2.05) is 10.9 Å². The molecule has 2 rings (SSSR count). The highest BCUT2D eigenvalue weighted by molar-refractivity contribution is 5.44. The molecule has 0 amide bonds. The maximum absolute atomic E-state index is 6.11. The first kappa shape index (κ1) is 12.4. The van der Waals surface area contributed by atoms with Crippen LogP contribution in [0.4, 0.5) is 5.69 Å². The molecule has 2 N–H and O–H groups in total. The lowest BCUT2D eigenvalue weighted by molar-refractivity contribution is 0.315. The minimum Gasteiger partial charge on any atom is -0.366 e. The van der Waals surface area contributed by atoms with E-state index >= 15 is 0 Å². The number of anilines is 1. The molecule has 0 saturated carbocycles. The first-order chi connectivity index (χ1) is 8.00. The van der Waals surface area contributed by atoms with Crippen LogP contribution in [-0.2, 0) is 0 Å². The predicted molar refractivity (Wildman–Crippen MR) is 71.2 cm³/mol. The highest BCUT2D eigenvalue weighted by atomic mass is 15.3. The van der Waals surface area contributed by atoms with Crippen molar-refractivity contribution in [2.45, 2.75) is 52.2 Å². The number of piperidine rings is 1.